The maximum atomic E-state index is 12.6. The van der Waals surface area contributed by atoms with E-state index in [0.29, 0.717) is 5.91 Å². The Morgan fingerprint density at radius 2 is 1.83 bits per heavy atom. The highest BCUT2D eigenvalue weighted by Crippen LogP contribution is 2.39. The minimum atomic E-state index is -0.117. The van der Waals surface area contributed by atoms with Gasteiger partial charge in [-0.05, 0) is 51.4 Å². The summed E-state index contributed by atoms with van der Waals surface area (Å²) in [6, 6.07) is 0. The van der Waals surface area contributed by atoms with Crippen LogP contribution in [-0.4, -0.2) is 36.1 Å². The van der Waals surface area contributed by atoms with Gasteiger partial charge in [0.2, 0.25) is 5.91 Å². The second-order valence-electron chi connectivity index (χ2n) is 6.99. The van der Waals surface area contributed by atoms with Gasteiger partial charge in [-0.25, -0.2) is 0 Å². The van der Waals surface area contributed by atoms with Crippen LogP contribution in [0.25, 0.3) is 0 Å². The molecule has 3 rings (SSSR count). The fourth-order valence-electron chi connectivity index (χ4n) is 4.12. The predicted octanol–water partition coefficient (Wildman–Crippen LogP) is 2.45. The van der Waals surface area contributed by atoms with Gasteiger partial charge in [0.05, 0.1) is 5.60 Å². The van der Waals surface area contributed by atoms with Crippen LogP contribution >= 0.6 is 0 Å². The highest BCUT2D eigenvalue weighted by Gasteiger charge is 2.41. The lowest BCUT2D eigenvalue weighted by molar-refractivity contribution is -0.144. The van der Waals surface area contributed by atoms with Crippen molar-refractivity contribution in [1.82, 2.24) is 4.90 Å². The minimum absolute atomic E-state index is 0.117. The second-order valence-corrected chi connectivity index (χ2v) is 6.99. The van der Waals surface area contributed by atoms with Crippen LogP contribution < -0.4 is 0 Å². The molecule has 2 heterocycles. The second kappa shape index (κ2) is 4.52. The Labute approximate surface area is 110 Å². The summed E-state index contributed by atoms with van der Waals surface area (Å²) >= 11 is 0. The molecule has 3 fully saturated rings. The zero-order chi connectivity index (χ0) is 12.8. The van der Waals surface area contributed by atoms with Crippen molar-refractivity contribution in [2.75, 3.05) is 19.7 Å². The van der Waals surface area contributed by atoms with Crippen molar-refractivity contribution in [1.29, 1.82) is 0 Å². The lowest BCUT2D eigenvalue weighted by Crippen LogP contribution is -2.43. The lowest BCUT2D eigenvalue weighted by atomic mass is 9.87. The predicted molar refractivity (Wildman–Crippen MR) is 70.2 cm³/mol. The molecule has 102 valence electrons. The maximum absolute atomic E-state index is 12.6. The molecular weight excluding hydrogens is 226 g/mol. The number of likely N-dealkylation sites (tertiary alicyclic amines) is 1. The normalized spacial score (nSPS) is 38.8. The van der Waals surface area contributed by atoms with Crippen LogP contribution in [0.1, 0.15) is 46.0 Å². The molecule has 0 aromatic heterocycles. The summed E-state index contributed by atoms with van der Waals surface area (Å²) in [4.78, 5) is 14.7. The number of fused-ring (bicyclic) bond motifs is 1. The average molecular weight is 251 g/mol. The summed E-state index contributed by atoms with van der Waals surface area (Å²) in [6.45, 7) is 7.00. The Morgan fingerprint density at radius 3 is 2.44 bits per heavy atom. The molecule has 0 bridgehead atoms. The molecule has 3 nitrogen and oxygen atoms in total. The number of rotatable bonds is 1. The number of ether oxygens (including phenoxy) is 1. The van der Waals surface area contributed by atoms with Crippen molar-refractivity contribution < 1.29 is 9.53 Å². The summed E-state index contributed by atoms with van der Waals surface area (Å²) in [5.41, 5.74) is -0.117. The molecule has 0 radical (unpaired) electrons. The zero-order valence-corrected chi connectivity index (χ0v) is 11.7. The monoisotopic (exact) mass is 251 g/mol. The van der Waals surface area contributed by atoms with E-state index >= 15 is 0 Å². The number of nitrogens with zero attached hydrogens (tertiary/aromatic N) is 1. The highest BCUT2D eigenvalue weighted by molar-refractivity contribution is 5.79. The quantitative estimate of drug-likeness (QED) is 0.716. The van der Waals surface area contributed by atoms with Crippen LogP contribution in [0.15, 0.2) is 0 Å². The Bertz CT molecular complexity index is 327. The Morgan fingerprint density at radius 1 is 1.17 bits per heavy atom. The van der Waals surface area contributed by atoms with Crippen LogP contribution in [0.4, 0.5) is 0 Å². The molecule has 1 aliphatic carbocycles. The van der Waals surface area contributed by atoms with Crippen LogP contribution in [0, 0.1) is 17.8 Å². The Kier molecular flexibility index (Phi) is 3.13. The molecule has 1 saturated carbocycles. The van der Waals surface area contributed by atoms with Gasteiger partial charge < -0.3 is 9.64 Å². The lowest BCUT2D eigenvalue weighted by Gasteiger charge is -2.36. The molecule has 1 amide bonds. The third-order valence-electron chi connectivity index (χ3n) is 5.08. The summed E-state index contributed by atoms with van der Waals surface area (Å²) in [5.74, 6) is 2.22. The van der Waals surface area contributed by atoms with Gasteiger partial charge in [-0.3, -0.25) is 4.79 Å². The van der Waals surface area contributed by atoms with Gasteiger partial charge in [-0.2, -0.15) is 0 Å². The van der Waals surface area contributed by atoms with Crippen molar-refractivity contribution in [3.05, 3.63) is 0 Å². The molecule has 3 heteroatoms. The van der Waals surface area contributed by atoms with Crippen LogP contribution in [-0.2, 0) is 9.53 Å². The first kappa shape index (κ1) is 12.5. The van der Waals surface area contributed by atoms with E-state index < -0.39 is 0 Å². The van der Waals surface area contributed by atoms with Gasteiger partial charge in [0, 0.05) is 25.6 Å². The topological polar surface area (TPSA) is 29.5 Å². The minimum Gasteiger partial charge on any atom is -0.376 e. The zero-order valence-electron chi connectivity index (χ0n) is 11.7. The van der Waals surface area contributed by atoms with Crippen LogP contribution in [0.3, 0.4) is 0 Å². The first-order valence-electron chi connectivity index (χ1n) is 7.48. The van der Waals surface area contributed by atoms with E-state index in [4.69, 9.17) is 4.74 Å². The highest BCUT2D eigenvalue weighted by atomic mass is 16.5. The summed E-state index contributed by atoms with van der Waals surface area (Å²) in [5, 5.41) is 0. The average Bonchev–Trinajstić information content (AvgIpc) is 2.86. The van der Waals surface area contributed by atoms with Gasteiger partial charge in [-0.15, -0.1) is 0 Å². The number of hydrogen-bond acceptors (Lipinski definition) is 2. The first-order valence-corrected chi connectivity index (χ1v) is 7.48. The Hall–Kier alpha value is -0.570. The van der Waals surface area contributed by atoms with Crippen molar-refractivity contribution in [2.24, 2.45) is 17.8 Å². The Balaban J connectivity index is 1.61. The maximum Gasteiger partial charge on any atom is 0.225 e. The summed E-state index contributed by atoms with van der Waals surface area (Å²) in [6.07, 6.45) is 5.86. The molecule has 2 saturated heterocycles. The molecule has 18 heavy (non-hydrogen) atoms. The molecule has 3 atom stereocenters. The van der Waals surface area contributed by atoms with E-state index in [9.17, 15) is 4.79 Å². The SMILES string of the molecule is CC1(C)CC(C(=O)N2CC3CCCC3C2)CCO1. The molecule has 3 aliphatic rings. The number of carbonyl (C=O) groups excluding carboxylic acids is 1. The standard InChI is InChI=1S/C15H25NO2/c1-15(2)8-11(6-7-18-15)14(17)16-9-12-4-3-5-13(12)10-16/h11-13H,3-10H2,1-2H3. The molecule has 3 unspecified atom stereocenters. The molecular formula is C15H25NO2. The van der Waals surface area contributed by atoms with Crippen molar-refractivity contribution in [2.45, 2.75) is 51.6 Å². The summed E-state index contributed by atoms with van der Waals surface area (Å²) < 4.78 is 5.71. The third kappa shape index (κ3) is 2.29. The smallest absolute Gasteiger partial charge is 0.225 e. The first-order chi connectivity index (χ1) is 8.55. The van der Waals surface area contributed by atoms with Crippen molar-refractivity contribution >= 4 is 5.91 Å². The van der Waals surface area contributed by atoms with Crippen LogP contribution in [0.5, 0.6) is 0 Å². The van der Waals surface area contributed by atoms with Gasteiger partial charge in [0.1, 0.15) is 0 Å². The van der Waals surface area contributed by atoms with E-state index in [1.807, 2.05) is 0 Å². The molecule has 0 spiro atoms. The number of hydrogen-bond donors (Lipinski definition) is 0. The van der Waals surface area contributed by atoms with Crippen molar-refractivity contribution in [3.63, 3.8) is 0 Å². The van der Waals surface area contributed by atoms with E-state index in [1.165, 1.54) is 19.3 Å². The van der Waals surface area contributed by atoms with E-state index in [2.05, 4.69) is 18.7 Å². The van der Waals surface area contributed by atoms with Gasteiger partial charge >= 0.3 is 0 Å². The third-order valence-corrected chi connectivity index (χ3v) is 5.08. The molecule has 0 aromatic carbocycles. The van der Waals surface area contributed by atoms with Gasteiger partial charge in [0.15, 0.2) is 0 Å². The largest absolute Gasteiger partial charge is 0.376 e. The van der Waals surface area contributed by atoms with Gasteiger partial charge in [-0.1, -0.05) is 6.42 Å². The van der Waals surface area contributed by atoms with Crippen molar-refractivity contribution in [3.8, 4) is 0 Å². The van der Waals surface area contributed by atoms with Gasteiger partial charge in [0.25, 0.3) is 0 Å². The molecule has 2 aliphatic heterocycles. The molecule has 0 N–H and O–H groups in total. The fourth-order valence-corrected chi connectivity index (χ4v) is 4.12. The molecule has 0 aromatic rings. The van der Waals surface area contributed by atoms with E-state index in [1.54, 1.807) is 0 Å². The van der Waals surface area contributed by atoms with Crippen LogP contribution in [0.2, 0.25) is 0 Å². The summed E-state index contributed by atoms with van der Waals surface area (Å²) in [7, 11) is 0. The number of amides is 1. The number of carbonyl (C=O) groups is 1. The fraction of sp³-hybridized carbons (Fsp3) is 0.933. The van der Waals surface area contributed by atoms with E-state index in [0.717, 1.165) is 44.4 Å². The van der Waals surface area contributed by atoms with E-state index in [-0.39, 0.29) is 11.5 Å².